The van der Waals surface area contributed by atoms with Crippen molar-refractivity contribution < 1.29 is 0 Å². The molecule has 0 radical (unpaired) electrons. The maximum Gasteiger partial charge on any atom is 0.0934 e. The summed E-state index contributed by atoms with van der Waals surface area (Å²) in [6, 6.07) is 13.1. The van der Waals surface area contributed by atoms with Crippen LogP contribution in [0.3, 0.4) is 0 Å². The van der Waals surface area contributed by atoms with Crippen molar-refractivity contribution in [2.24, 2.45) is 0 Å². The van der Waals surface area contributed by atoms with Crippen LogP contribution in [0, 0.1) is 13.8 Å². The molecule has 0 saturated heterocycles. The lowest BCUT2D eigenvalue weighted by Crippen LogP contribution is -2.30. The highest BCUT2D eigenvalue weighted by molar-refractivity contribution is 7.16. The van der Waals surface area contributed by atoms with Crippen molar-refractivity contribution in [3.8, 4) is 11.1 Å². The molecule has 2 aromatic heterocycles. The maximum atomic E-state index is 6.34. The molecule has 0 bridgehead atoms. The van der Waals surface area contributed by atoms with E-state index >= 15 is 0 Å². The Morgan fingerprint density at radius 1 is 1.16 bits per heavy atom. The number of aromatic nitrogens is 1. The zero-order valence-electron chi connectivity index (χ0n) is 14.7. The smallest absolute Gasteiger partial charge is 0.0934 e. The Morgan fingerprint density at radius 2 is 1.96 bits per heavy atom. The molecular formula is C21H21ClN2S. The number of hydrogen-bond acceptors (Lipinski definition) is 3. The second-order valence-corrected chi connectivity index (χ2v) is 8.66. The Morgan fingerprint density at radius 3 is 2.76 bits per heavy atom. The number of nitrogens with zero attached hydrogens (tertiary/aromatic N) is 2. The van der Waals surface area contributed by atoms with E-state index in [1.807, 2.05) is 6.20 Å². The van der Waals surface area contributed by atoms with Crippen LogP contribution < -0.4 is 0 Å². The quantitative estimate of drug-likeness (QED) is 0.580. The van der Waals surface area contributed by atoms with Crippen molar-refractivity contribution in [1.29, 1.82) is 0 Å². The van der Waals surface area contributed by atoms with Crippen LogP contribution in [0.1, 0.15) is 33.2 Å². The summed E-state index contributed by atoms with van der Waals surface area (Å²) in [5.74, 6) is 0.343. The Balaban J connectivity index is 1.85. The molecule has 0 fully saturated rings. The molecule has 25 heavy (non-hydrogen) atoms. The van der Waals surface area contributed by atoms with Crippen LogP contribution >= 0.6 is 22.9 Å². The Bertz CT molecular complexity index is 931. The lowest BCUT2D eigenvalue weighted by Gasteiger charge is -2.31. The molecule has 0 amide bonds. The molecule has 4 rings (SSSR count). The predicted molar refractivity (Wildman–Crippen MR) is 107 cm³/mol. The lowest BCUT2D eigenvalue weighted by molar-refractivity contribution is 0.299. The average Bonchev–Trinajstić information content (AvgIpc) is 2.96. The van der Waals surface area contributed by atoms with E-state index in [1.54, 1.807) is 11.3 Å². The van der Waals surface area contributed by atoms with E-state index < -0.39 is 0 Å². The van der Waals surface area contributed by atoms with Crippen LogP contribution in [0.5, 0.6) is 0 Å². The Kier molecular flexibility index (Phi) is 4.40. The molecule has 1 atom stereocenters. The van der Waals surface area contributed by atoms with Gasteiger partial charge in [0, 0.05) is 41.3 Å². The molecule has 4 heteroatoms. The van der Waals surface area contributed by atoms with Gasteiger partial charge in [0.25, 0.3) is 0 Å². The molecule has 1 aromatic carbocycles. The van der Waals surface area contributed by atoms with E-state index in [9.17, 15) is 0 Å². The predicted octanol–water partition coefficient (Wildman–Crippen LogP) is 5.66. The van der Waals surface area contributed by atoms with Crippen molar-refractivity contribution in [3.05, 3.63) is 74.2 Å². The Hall–Kier alpha value is -1.68. The summed E-state index contributed by atoms with van der Waals surface area (Å²) in [5.41, 5.74) is 7.52. The molecule has 0 spiro atoms. The van der Waals surface area contributed by atoms with Gasteiger partial charge in [-0.05, 0) is 55.3 Å². The van der Waals surface area contributed by atoms with Crippen molar-refractivity contribution in [2.45, 2.75) is 26.3 Å². The average molecular weight is 369 g/mol. The molecule has 2 nitrogen and oxygen atoms in total. The normalized spacial score (nSPS) is 17.5. The molecule has 1 aliphatic rings. The summed E-state index contributed by atoms with van der Waals surface area (Å²) in [4.78, 5) is 8.35. The molecule has 3 aromatic rings. The molecule has 0 aliphatic carbocycles. The molecular weight excluding hydrogens is 348 g/mol. The second kappa shape index (κ2) is 6.56. The third kappa shape index (κ3) is 3.12. The second-order valence-electron chi connectivity index (χ2n) is 6.89. The molecule has 1 aliphatic heterocycles. The van der Waals surface area contributed by atoms with Crippen molar-refractivity contribution >= 4 is 22.9 Å². The SMILES string of the molecule is Cc1cc(-c2ccccc2C2CN(C)Cc3sc(Cl)cc32)cnc1C. The van der Waals surface area contributed by atoms with Crippen molar-refractivity contribution in [3.63, 3.8) is 0 Å². The molecule has 3 heterocycles. The van der Waals surface area contributed by atoms with E-state index in [-0.39, 0.29) is 0 Å². The maximum absolute atomic E-state index is 6.34. The van der Waals surface area contributed by atoms with Crippen molar-refractivity contribution in [1.82, 2.24) is 9.88 Å². The summed E-state index contributed by atoms with van der Waals surface area (Å²) in [6.45, 7) is 6.17. The standard InChI is InChI=1S/C21H21ClN2S/c1-13-8-15(10-23-14(13)2)16-6-4-5-7-17(16)19-11-24(3)12-20-18(19)9-21(22)25-20/h4-10,19H,11-12H2,1-3H3. The van der Waals surface area contributed by atoms with E-state index in [1.165, 1.54) is 32.7 Å². The third-order valence-corrected chi connectivity index (χ3v) is 6.35. The minimum Gasteiger partial charge on any atom is -0.300 e. The van der Waals surface area contributed by atoms with Crippen LogP contribution in [0.4, 0.5) is 0 Å². The number of fused-ring (bicyclic) bond motifs is 1. The summed E-state index contributed by atoms with van der Waals surface area (Å²) < 4.78 is 0.885. The van der Waals surface area contributed by atoms with E-state index in [0.29, 0.717) is 5.92 Å². The summed E-state index contributed by atoms with van der Waals surface area (Å²) in [5, 5.41) is 0. The van der Waals surface area contributed by atoms with Gasteiger partial charge in [0.2, 0.25) is 0 Å². The van der Waals surface area contributed by atoms with Crippen LogP contribution in [0.25, 0.3) is 11.1 Å². The number of hydrogen-bond donors (Lipinski definition) is 0. The van der Waals surface area contributed by atoms with Gasteiger partial charge < -0.3 is 4.90 Å². The number of aryl methyl sites for hydroxylation is 2. The molecule has 128 valence electrons. The molecule has 0 saturated carbocycles. The number of likely N-dealkylation sites (N-methyl/N-ethyl adjacent to an activating group) is 1. The van der Waals surface area contributed by atoms with Gasteiger partial charge in [0.1, 0.15) is 0 Å². The zero-order chi connectivity index (χ0) is 17.6. The molecule has 0 N–H and O–H groups in total. The summed E-state index contributed by atoms with van der Waals surface area (Å²) >= 11 is 8.05. The summed E-state index contributed by atoms with van der Waals surface area (Å²) in [7, 11) is 2.18. The monoisotopic (exact) mass is 368 g/mol. The first-order chi connectivity index (χ1) is 12.0. The van der Waals surface area contributed by atoms with Crippen LogP contribution in [-0.4, -0.2) is 23.5 Å². The van der Waals surface area contributed by atoms with E-state index in [0.717, 1.165) is 23.1 Å². The highest BCUT2D eigenvalue weighted by Gasteiger charge is 2.28. The minimum absolute atomic E-state index is 0.343. The number of benzene rings is 1. The van der Waals surface area contributed by atoms with Gasteiger partial charge in [0.15, 0.2) is 0 Å². The first-order valence-corrected chi connectivity index (χ1v) is 9.71. The fourth-order valence-corrected chi connectivity index (χ4v) is 5.09. The first-order valence-electron chi connectivity index (χ1n) is 8.52. The number of rotatable bonds is 2. The zero-order valence-corrected chi connectivity index (χ0v) is 16.3. The first kappa shape index (κ1) is 16.8. The van der Waals surface area contributed by atoms with Gasteiger partial charge in [0.05, 0.1) is 4.34 Å². The van der Waals surface area contributed by atoms with Crippen molar-refractivity contribution in [2.75, 3.05) is 13.6 Å². The topological polar surface area (TPSA) is 16.1 Å². The lowest BCUT2D eigenvalue weighted by atomic mass is 9.84. The Labute approximate surface area is 158 Å². The van der Waals surface area contributed by atoms with Gasteiger partial charge in [-0.1, -0.05) is 35.9 Å². The van der Waals surface area contributed by atoms with Gasteiger partial charge in [-0.3, -0.25) is 4.98 Å². The van der Waals surface area contributed by atoms with E-state index in [4.69, 9.17) is 11.6 Å². The number of pyridine rings is 1. The summed E-state index contributed by atoms with van der Waals surface area (Å²) in [6.07, 6.45) is 2.00. The highest BCUT2D eigenvalue weighted by atomic mass is 35.5. The highest BCUT2D eigenvalue weighted by Crippen LogP contribution is 2.42. The van der Waals surface area contributed by atoms with Crippen LogP contribution in [-0.2, 0) is 6.54 Å². The van der Waals surface area contributed by atoms with Gasteiger partial charge in [-0.2, -0.15) is 0 Å². The fourth-order valence-electron chi connectivity index (χ4n) is 3.67. The minimum atomic E-state index is 0.343. The van der Waals surface area contributed by atoms with Gasteiger partial charge in [-0.15, -0.1) is 11.3 Å². The molecule has 1 unspecified atom stereocenters. The number of thiophene rings is 1. The van der Waals surface area contributed by atoms with E-state index in [2.05, 4.69) is 67.2 Å². The van der Waals surface area contributed by atoms with Crippen LogP contribution in [0.15, 0.2) is 42.6 Å². The van der Waals surface area contributed by atoms with Crippen LogP contribution in [0.2, 0.25) is 4.34 Å². The fraction of sp³-hybridized carbons (Fsp3) is 0.286. The van der Waals surface area contributed by atoms with Gasteiger partial charge >= 0.3 is 0 Å². The number of halogens is 1. The largest absolute Gasteiger partial charge is 0.300 e. The van der Waals surface area contributed by atoms with Gasteiger partial charge in [-0.25, -0.2) is 0 Å². The third-order valence-electron chi connectivity index (χ3n) is 5.08.